The average Bonchev–Trinajstić information content (AvgIpc) is 3.33. The van der Waals surface area contributed by atoms with Crippen LogP contribution in [0.4, 0.5) is 11.4 Å². The number of hydrogen-bond acceptors (Lipinski definition) is 6. The molecule has 42 heavy (non-hydrogen) atoms. The van der Waals surface area contributed by atoms with Gasteiger partial charge in [0, 0.05) is 29.7 Å². The minimum absolute atomic E-state index is 0.0457. The number of aliphatic hydroxyl groups is 1. The van der Waals surface area contributed by atoms with E-state index in [1.165, 1.54) is 0 Å². The number of para-hydroxylation sites is 1. The van der Waals surface area contributed by atoms with Crippen LogP contribution in [0.25, 0.3) is 0 Å². The fraction of sp³-hybridized carbons (Fsp3) is 0.424. The van der Waals surface area contributed by atoms with Gasteiger partial charge in [-0.25, -0.2) is 0 Å². The Morgan fingerprint density at radius 3 is 2.29 bits per heavy atom. The normalized spacial score (nSPS) is 30.0. The van der Waals surface area contributed by atoms with Crippen molar-refractivity contribution in [3.8, 4) is 5.75 Å². The standard InChI is InChI=1S/C33H37N3O5S/c1-4-21(2)25(20-37)36-29-32(40)35(23-13-15-24(41-3)16-14-23)19-9-17-33(29)28(31(36)39)27-26(42-33)12-8-18-34(30(27)38)22-10-6-5-7-11-22/h5-17,21,25-29,37H,4,18-20H2,1-3H3/t21-,25-,26-,27+,28-,29?,33-/m0/s1. The number of ether oxygens (including phenoxy) is 1. The first-order valence-electron chi connectivity index (χ1n) is 14.6. The Kier molecular flexibility index (Phi) is 7.66. The quantitative estimate of drug-likeness (QED) is 0.495. The third-order valence-corrected chi connectivity index (χ3v) is 11.1. The lowest BCUT2D eigenvalue weighted by Crippen LogP contribution is -2.58. The van der Waals surface area contributed by atoms with Crippen LogP contribution in [0.2, 0.25) is 0 Å². The van der Waals surface area contributed by atoms with E-state index in [-0.39, 0.29) is 35.5 Å². The number of hydrogen-bond donors (Lipinski definition) is 1. The predicted molar refractivity (Wildman–Crippen MR) is 164 cm³/mol. The zero-order valence-corrected chi connectivity index (χ0v) is 24.9. The highest BCUT2D eigenvalue weighted by Gasteiger charge is 2.72. The Morgan fingerprint density at radius 1 is 0.952 bits per heavy atom. The van der Waals surface area contributed by atoms with Crippen LogP contribution in [0.1, 0.15) is 20.3 Å². The van der Waals surface area contributed by atoms with Crippen molar-refractivity contribution >= 4 is 40.9 Å². The summed E-state index contributed by atoms with van der Waals surface area (Å²) in [6.45, 7) is 4.51. The highest BCUT2D eigenvalue weighted by atomic mass is 32.2. The largest absolute Gasteiger partial charge is 0.497 e. The molecule has 1 unspecified atom stereocenters. The maximum Gasteiger partial charge on any atom is 0.251 e. The molecule has 3 amide bonds. The van der Waals surface area contributed by atoms with Crippen molar-refractivity contribution in [3.63, 3.8) is 0 Å². The van der Waals surface area contributed by atoms with E-state index in [4.69, 9.17) is 4.74 Å². The topological polar surface area (TPSA) is 90.4 Å². The molecule has 0 bridgehead atoms. The average molecular weight is 588 g/mol. The molecule has 0 aliphatic carbocycles. The molecule has 4 heterocycles. The van der Waals surface area contributed by atoms with Crippen molar-refractivity contribution in [2.75, 3.05) is 36.6 Å². The molecule has 2 aromatic carbocycles. The second-order valence-corrected chi connectivity index (χ2v) is 13.0. The molecular formula is C33H37N3O5S. The Balaban J connectivity index is 1.47. The Labute approximate surface area is 251 Å². The molecule has 1 N–H and O–H groups in total. The summed E-state index contributed by atoms with van der Waals surface area (Å²) in [7, 11) is 1.60. The van der Waals surface area contributed by atoms with Gasteiger partial charge in [0.15, 0.2) is 0 Å². The Bertz CT molecular complexity index is 1410. The van der Waals surface area contributed by atoms with Gasteiger partial charge in [-0.1, -0.05) is 62.8 Å². The lowest BCUT2D eigenvalue weighted by molar-refractivity contribution is -0.142. The second kappa shape index (κ2) is 11.3. The van der Waals surface area contributed by atoms with Gasteiger partial charge in [0.05, 0.1) is 36.3 Å². The maximum absolute atomic E-state index is 14.7. The number of carbonyl (C=O) groups excluding carboxylic acids is 3. The van der Waals surface area contributed by atoms with Crippen LogP contribution in [-0.2, 0) is 14.4 Å². The zero-order valence-electron chi connectivity index (χ0n) is 24.1. The van der Waals surface area contributed by atoms with E-state index < -0.39 is 28.7 Å². The lowest BCUT2D eigenvalue weighted by atomic mass is 9.78. The van der Waals surface area contributed by atoms with Crippen LogP contribution in [0, 0.1) is 17.8 Å². The molecule has 0 radical (unpaired) electrons. The third kappa shape index (κ3) is 4.36. The summed E-state index contributed by atoms with van der Waals surface area (Å²) < 4.78 is 4.37. The first-order chi connectivity index (χ1) is 20.4. The molecule has 2 aromatic rings. The molecule has 7 atom stereocenters. The lowest BCUT2D eigenvalue weighted by Gasteiger charge is -2.40. The summed E-state index contributed by atoms with van der Waals surface area (Å²) in [5.41, 5.74) is 1.48. The molecule has 2 fully saturated rings. The van der Waals surface area contributed by atoms with E-state index >= 15 is 0 Å². The molecule has 2 saturated heterocycles. The number of anilines is 2. The summed E-state index contributed by atoms with van der Waals surface area (Å²) in [4.78, 5) is 48.8. The Hall–Kier alpha value is -3.56. The van der Waals surface area contributed by atoms with Crippen molar-refractivity contribution in [2.24, 2.45) is 17.8 Å². The van der Waals surface area contributed by atoms with Gasteiger partial charge in [0.2, 0.25) is 11.8 Å². The number of nitrogens with zero attached hydrogens (tertiary/aromatic N) is 3. The first-order valence-corrected chi connectivity index (χ1v) is 15.5. The number of amides is 3. The van der Waals surface area contributed by atoms with Crippen LogP contribution in [0.15, 0.2) is 78.9 Å². The SMILES string of the molecule is CC[C@H](C)[C@H](CO)N1C(=O)[C@@H]2[C@@H]3C(=O)N(c4ccccc4)CC=C[C@@H]3S[C@@]23C=CCN(c2ccc(OC)cc2)C(=O)C13. The van der Waals surface area contributed by atoms with E-state index in [2.05, 4.69) is 0 Å². The van der Waals surface area contributed by atoms with Crippen molar-refractivity contribution in [1.82, 2.24) is 4.90 Å². The summed E-state index contributed by atoms with van der Waals surface area (Å²) in [6, 6.07) is 15.4. The van der Waals surface area contributed by atoms with E-state index in [1.54, 1.807) is 33.6 Å². The van der Waals surface area contributed by atoms with Crippen molar-refractivity contribution < 1.29 is 24.2 Å². The second-order valence-electron chi connectivity index (χ2n) is 11.5. The Morgan fingerprint density at radius 2 is 1.62 bits per heavy atom. The van der Waals surface area contributed by atoms with Gasteiger partial charge in [-0.05, 0) is 42.3 Å². The molecular weight excluding hydrogens is 550 g/mol. The first kappa shape index (κ1) is 28.6. The molecule has 220 valence electrons. The number of thioether (sulfide) groups is 1. The van der Waals surface area contributed by atoms with Crippen LogP contribution in [0.5, 0.6) is 5.75 Å². The number of methoxy groups -OCH3 is 1. The molecule has 0 saturated carbocycles. The fourth-order valence-corrected chi connectivity index (χ4v) is 9.08. The minimum atomic E-state index is -0.953. The third-order valence-electron chi connectivity index (χ3n) is 9.39. The van der Waals surface area contributed by atoms with E-state index in [1.807, 2.05) is 92.7 Å². The minimum Gasteiger partial charge on any atom is -0.497 e. The highest BCUT2D eigenvalue weighted by molar-refractivity contribution is 8.02. The zero-order chi connectivity index (χ0) is 29.6. The number of fused-ring (bicyclic) bond motifs is 2. The summed E-state index contributed by atoms with van der Waals surface area (Å²) in [5, 5.41) is 10.4. The smallest absolute Gasteiger partial charge is 0.251 e. The van der Waals surface area contributed by atoms with Gasteiger partial charge in [-0.2, -0.15) is 0 Å². The summed E-state index contributed by atoms with van der Waals surface area (Å²) in [5.74, 6) is -1.30. The number of rotatable bonds is 7. The maximum atomic E-state index is 14.7. The van der Waals surface area contributed by atoms with Gasteiger partial charge in [0.1, 0.15) is 11.8 Å². The predicted octanol–water partition coefficient (Wildman–Crippen LogP) is 3.91. The fourth-order valence-electron chi connectivity index (χ4n) is 7.08. The molecule has 0 aromatic heterocycles. The highest BCUT2D eigenvalue weighted by Crippen LogP contribution is 2.61. The number of benzene rings is 2. The molecule has 4 aliphatic rings. The van der Waals surface area contributed by atoms with Gasteiger partial charge in [-0.15, -0.1) is 11.8 Å². The van der Waals surface area contributed by atoms with Gasteiger partial charge in [-0.3, -0.25) is 14.4 Å². The van der Waals surface area contributed by atoms with Gasteiger partial charge < -0.3 is 24.5 Å². The van der Waals surface area contributed by atoms with Gasteiger partial charge >= 0.3 is 0 Å². The van der Waals surface area contributed by atoms with Gasteiger partial charge in [0.25, 0.3) is 5.91 Å². The summed E-state index contributed by atoms with van der Waals surface area (Å²) in [6.07, 6.45) is 8.75. The van der Waals surface area contributed by atoms with Crippen LogP contribution < -0.4 is 14.5 Å². The van der Waals surface area contributed by atoms with Crippen LogP contribution in [0.3, 0.4) is 0 Å². The van der Waals surface area contributed by atoms with Crippen molar-refractivity contribution in [2.45, 2.75) is 42.3 Å². The van der Waals surface area contributed by atoms with Crippen LogP contribution >= 0.6 is 11.8 Å². The van der Waals surface area contributed by atoms with Crippen molar-refractivity contribution in [1.29, 1.82) is 0 Å². The van der Waals surface area contributed by atoms with Crippen LogP contribution in [-0.4, -0.2) is 76.6 Å². The monoisotopic (exact) mass is 587 g/mol. The molecule has 6 rings (SSSR count). The molecule has 4 aliphatic heterocycles. The van der Waals surface area contributed by atoms with E-state index in [9.17, 15) is 19.5 Å². The number of aliphatic hydroxyl groups excluding tert-OH is 1. The number of carbonyl (C=O) groups is 3. The molecule has 9 heteroatoms. The van der Waals surface area contributed by atoms with E-state index in [0.717, 1.165) is 12.1 Å². The summed E-state index contributed by atoms with van der Waals surface area (Å²) >= 11 is 1.55. The number of likely N-dealkylation sites (tertiary alicyclic amines) is 1. The molecule has 1 spiro atoms. The van der Waals surface area contributed by atoms with Crippen molar-refractivity contribution in [3.05, 3.63) is 78.9 Å². The van der Waals surface area contributed by atoms with E-state index in [0.29, 0.717) is 24.5 Å². The molecule has 8 nitrogen and oxygen atoms in total.